The molecule has 148 valence electrons. The number of ether oxygens (including phenoxy) is 2. The molecule has 0 aliphatic heterocycles. The Labute approximate surface area is 170 Å². The summed E-state index contributed by atoms with van der Waals surface area (Å²) in [5.74, 6) is 0.450. The summed E-state index contributed by atoms with van der Waals surface area (Å²) in [7, 11) is 0. The summed E-state index contributed by atoms with van der Waals surface area (Å²) in [6, 6.07) is 7.75. The van der Waals surface area contributed by atoms with E-state index in [1.807, 2.05) is 25.1 Å². The van der Waals surface area contributed by atoms with Crippen LogP contribution in [0.4, 0.5) is 0 Å². The fourth-order valence-electron chi connectivity index (χ4n) is 2.65. The number of carbonyl (C=O) groups excluding carboxylic acids is 1. The first kappa shape index (κ1) is 21.5. The van der Waals surface area contributed by atoms with Gasteiger partial charge in [-0.15, -0.1) is 0 Å². The second-order valence-electron chi connectivity index (χ2n) is 7.11. The Kier molecular flexibility index (Phi) is 7.48. The van der Waals surface area contributed by atoms with E-state index in [2.05, 4.69) is 41.8 Å². The van der Waals surface area contributed by atoms with Gasteiger partial charge in [0, 0.05) is 21.1 Å². The van der Waals surface area contributed by atoms with Crippen LogP contribution in [0.5, 0.6) is 5.75 Å². The number of hydrogen-bond acceptors (Lipinski definition) is 4. The van der Waals surface area contributed by atoms with Gasteiger partial charge in [-0.1, -0.05) is 36.7 Å². The third kappa shape index (κ3) is 5.58. The number of hydrogen-bond donors (Lipinski definition) is 0. The molecule has 0 aliphatic rings. The van der Waals surface area contributed by atoms with Gasteiger partial charge in [0.2, 0.25) is 0 Å². The smallest absolute Gasteiger partial charge is 0.358 e. The van der Waals surface area contributed by atoms with Crippen LogP contribution in [0.25, 0.3) is 0 Å². The van der Waals surface area contributed by atoms with E-state index in [1.165, 1.54) is 0 Å². The summed E-state index contributed by atoms with van der Waals surface area (Å²) in [5, 5.41) is 4.41. The summed E-state index contributed by atoms with van der Waals surface area (Å²) in [6.07, 6.45) is 2.13. The first-order valence-electron chi connectivity index (χ1n) is 9.44. The average molecular weight is 437 g/mol. The summed E-state index contributed by atoms with van der Waals surface area (Å²) >= 11 is 3.54. The SMILES string of the molecule is CCOC(=O)c1cc(C)n(Cc2cc(Br)ccc2OCC(C)(CC)CC)n1. The van der Waals surface area contributed by atoms with E-state index in [-0.39, 0.29) is 5.41 Å². The Morgan fingerprint density at radius 2 is 1.93 bits per heavy atom. The number of benzene rings is 1. The Morgan fingerprint density at radius 1 is 1.22 bits per heavy atom. The number of nitrogens with zero attached hydrogens (tertiary/aromatic N) is 2. The highest BCUT2D eigenvalue weighted by Crippen LogP contribution is 2.30. The quantitative estimate of drug-likeness (QED) is 0.494. The minimum absolute atomic E-state index is 0.156. The number of rotatable bonds is 9. The fraction of sp³-hybridized carbons (Fsp3) is 0.524. The fourth-order valence-corrected chi connectivity index (χ4v) is 3.06. The molecule has 0 saturated carbocycles. The van der Waals surface area contributed by atoms with Crippen molar-refractivity contribution in [3.05, 3.63) is 45.7 Å². The van der Waals surface area contributed by atoms with E-state index in [0.717, 1.165) is 34.3 Å². The number of halogens is 1. The molecule has 27 heavy (non-hydrogen) atoms. The molecule has 5 nitrogen and oxygen atoms in total. The molecule has 0 fully saturated rings. The molecule has 0 radical (unpaired) electrons. The van der Waals surface area contributed by atoms with Crippen molar-refractivity contribution in [3.8, 4) is 5.75 Å². The van der Waals surface area contributed by atoms with Gasteiger partial charge in [-0.25, -0.2) is 4.79 Å². The van der Waals surface area contributed by atoms with Crippen LogP contribution in [0.2, 0.25) is 0 Å². The molecule has 0 saturated heterocycles. The van der Waals surface area contributed by atoms with Crippen molar-refractivity contribution < 1.29 is 14.3 Å². The zero-order valence-electron chi connectivity index (χ0n) is 16.8. The number of esters is 1. The number of aryl methyl sites for hydroxylation is 1. The first-order chi connectivity index (χ1) is 12.8. The van der Waals surface area contributed by atoms with Crippen LogP contribution in [0.1, 0.15) is 62.3 Å². The molecular weight excluding hydrogens is 408 g/mol. The van der Waals surface area contributed by atoms with E-state index in [1.54, 1.807) is 17.7 Å². The van der Waals surface area contributed by atoms with Crippen LogP contribution < -0.4 is 4.74 Å². The van der Waals surface area contributed by atoms with E-state index in [9.17, 15) is 4.79 Å². The second-order valence-corrected chi connectivity index (χ2v) is 8.02. The molecule has 1 aromatic carbocycles. The normalized spacial score (nSPS) is 11.5. The van der Waals surface area contributed by atoms with Gasteiger partial charge in [-0.05, 0) is 51.0 Å². The van der Waals surface area contributed by atoms with Crippen molar-refractivity contribution in [2.75, 3.05) is 13.2 Å². The molecule has 1 aromatic heterocycles. The van der Waals surface area contributed by atoms with Gasteiger partial charge < -0.3 is 9.47 Å². The molecule has 2 aromatic rings. The maximum Gasteiger partial charge on any atom is 0.358 e. The Balaban J connectivity index is 2.23. The van der Waals surface area contributed by atoms with Gasteiger partial charge in [0.25, 0.3) is 0 Å². The van der Waals surface area contributed by atoms with E-state index in [0.29, 0.717) is 25.5 Å². The van der Waals surface area contributed by atoms with Gasteiger partial charge in [-0.3, -0.25) is 4.68 Å². The van der Waals surface area contributed by atoms with Crippen molar-refractivity contribution in [1.82, 2.24) is 9.78 Å². The molecular formula is C21H29BrN2O3. The Bertz CT molecular complexity index is 782. The third-order valence-electron chi connectivity index (χ3n) is 5.09. The van der Waals surface area contributed by atoms with Crippen molar-refractivity contribution in [2.24, 2.45) is 5.41 Å². The molecule has 0 atom stereocenters. The van der Waals surface area contributed by atoms with Crippen molar-refractivity contribution in [1.29, 1.82) is 0 Å². The largest absolute Gasteiger partial charge is 0.493 e. The molecule has 0 amide bonds. The molecule has 0 unspecified atom stereocenters. The van der Waals surface area contributed by atoms with Gasteiger partial charge in [-0.2, -0.15) is 5.10 Å². The molecule has 6 heteroatoms. The zero-order valence-corrected chi connectivity index (χ0v) is 18.4. The summed E-state index contributed by atoms with van der Waals surface area (Å²) in [5.41, 5.74) is 2.40. The number of carbonyl (C=O) groups is 1. The lowest BCUT2D eigenvalue weighted by atomic mass is 9.86. The van der Waals surface area contributed by atoms with Crippen molar-refractivity contribution in [2.45, 2.75) is 54.0 Å². The highest BCUT2D eigenvalue weighted by Gasteiger charge is 2.21. The molecule has 0 aliphatic carbocycles. The maximum atomic E-state index is 11.9. The molecule has 0 spiro atoms. The Morgan fingerprint density at radius 3 is 2.56 bits per heavy atom. The lowest BCUT2D eigenvalue weighted by molar-refractivity contribution is 0.0518. The third-order valence-corrected chi connectivity index (χ3v) is 5.58. The van der Waals surface area contributed by atoms with E-state index >= 15 is 0 Å². The average Bonchev–Trinajstić information content (AvgIpc) is 3.02. The second kappa shape index (κ2) is 9.40. The highest BCUT2D eigenvalue weighted by atomic mass is 79.9. The van der Waals surface area contributed by atoms with Gasteiger partial charge in [0.1, 0.15) is 5.75 Å². The molecule has 0 bridgehead atoms. The van der Waals surface area contributed by atoms with Crippen LogP contribution in [-0.2, 0) is 11.3 Å². The monoisotopic (exact) mass is 436 g/mol. The summed E-state index contributed by atoms with van der Waals surface area (Å²) in [4.78, 5) is 11.9. The minimum Gasteiger partial charge on any atom is -0.493 e. The minimum atomic E-state index is -0.397. The van der Waals surface area contributed by atoms with E-state index in [4.69, 9.17) is 9.47 Å². The lowest BCUT2D eigenvalue weighted by Crippen LogP contribution is -2.23. The molecule has 0 N–H and O–H groups in total. The number of aromatic nitrogens is 2. The Hall–Kier alpha value is -1.82. The molecule has 1 heterocycles. The molecule has 2 rings (SSSR count). The first-order valence-corrected chi connectivity index (χ1v) is 10.2. The highest BCUT2D eigenvalue weighted by molar-refractivity contribution is 9.10. The van der Waals surface area contributed by atoms with E-state index < -0.39 is 5.97 Å². The topological polar surface area (TPSA) is 53.4 Å². The standard InChI is InChI=1S/C21H29BrN2O3/c1-6-21(5,7-2)14-27-19-10-9-17(22)12-16(19)13-24-15(4)11-18(23-24)20(25)26-8-3/h9-12H,6-8,13-14H2,1-5H3. The zero-order chi connectivity index (χ0) is 20.0. The van der Waals surface area contributed by atoms with Gasteiger partial charge in [0.15, 0.2) is 5.69 Å². The lowest BCUT2D eigenvalue weighted by Gasteiger charge is -2.27. The van der Waals surface area contributed by atoms with Crippen molar-refractivity contribution in [3.63, 3.8) is 0 Å². The van der Waals surface area contributed by atoms with Crippen LogP contribution in [-0.4, -0.2) is 29.0 Å². The van der Waals surface area contributed by atoms with Gasteiger partial charge in [0.05, 0.1) is 19.8 Å². The summed E-state index contributed by atoms with van der Waals surface area (Å²) in [6.45, 7) is 11.9. The van der Waals surface area contributed by atoms with Gasteiger partial charge >= 0.3 is 5.97 Å². The van der Waals surface area contributed by atoms with Crippen molar-refractivity contribution >= 4 is 21.9 Å². The van der Waals surface area contributed by atoms with Crippen LogP contribution >= 0.6 is 15.9 Å². The predicted molar refractivity (Wildman–Crippen MR) is 110 cm³/mol. The van der Waals surface area contributed by atoms with Crippen LogP contribution in [0.15, 0.2) is 28.7 Å². The van der Waals surface area contributed by atoms with Crippen LogP contribution in [0, 0.1) is 12.3 Å². The summed E-state index contributed by atoms with van der Waals surface area (Å²) < 4.78 is 14.0. The van der Waals surface area contributed by atoms with Crippen LogP contribution in [0.3, 0.4) is 0 Å². The predicted octanol–water partition coefficient (Wildman–Crippen LogP) is 5.38. The maximum absolute atomic E-state index is 11.9.